The van der Waals surface area contributed by atoms with Crippen LogP contribution in [0.4, 0.5) is 8.78 Å². The SMILES string of the molecule is Cc1nccnc1C(C)(F)F. The van der Waals surface area contributed by atoms with Crippen molar-refractivity contribution >= 4 is 0 Å². The molecule has 0 aliphatic carbocycles. The molecule has 4 heteroatoms. The molecule has 0 amide bonds. The summed E-state index contributed by atoms with van der Waals surface area (Å²) in [5.74, 6) is -2.89. The van der Waals surface area contributed by atoms with E-state index in [1.807, 2.05) is 0 Å². The maximum Gasteiger partial charge on any atom is 0.288 e. The molecule has 1 heterocycles. The Kier molecular flexibility index (Phi) is 1.85. The zero-order valence-electron chi connectivity index (χ0n) is 6.31. The van der Waals surface area contributed by atoms with Crippen molar-refractivity contribution in [1.29, 1.82) is 0 Å². The third-order valence-corrected chi connectivity index (χ3v) is 1.30. The predicted octanol–water partition coefficient (Wildman–Crippen LogP) is 1.90. The highest BCUT2D eigenvalue weighted by Crippen LogP contribution is 2.25. The van der Waals surface area contributed by atoms with Gasteiger partial charge in [0.25, 0.3) is 5.92 Å². The highest BCUT2D eigenvalue weighted by molar-refractivity contribution is 5.13. The first-order valence-electron chi connectivity index (χ1n) is 3.17. The minimum atomic E-state index is -2.89. The van der Waals surface area contributed by atoms with Gasteiger partial charge in [-0.3, -0.25) is 9.97 Å². The van der Waals surface area contributed by atoms with Gasteiger partial charge in [0, 0.05) is 19.3 Å². The molecular weight excluding hydrogens is 150 g/mol. The standard InChI is InChI=1S/C7H8F2N2/c1-5-6(7(2,8)9)11-4-3-10-5/h3-4H,1-2H3. The van der Waals surface area contributed by atoms with Crippen LogP contribution < -0.4 is 0 Å². The van der Waals surface area contributed by atoms with Crippen LogP contribution in [0.3, 0.4) is 0 Å². The minimum Gasteiger partial charge on any atom is -0.258 e. The van der Waals surface area contributed by atoms with E-state index >= 15 is 0 Å². The molecule has 11 heavy (non-hydrogen) atoms. The summed E-state index contributed by atoms with van der Waals surface area (Å²) in [6.07, 6.45) is 2.66. The third kappa shape index (κ3) is 1.69. The van der Waals surface area contributed by atoms with Crippen molar-refractivity contribution < 1.29 is 8.78 Å². The number of rotatable bonds is 1. The largest absolute Gasteiger partial charge is 0.288 e. The van der Waals surface area contributed by atoms with Crippen molar-refractivity contribution in [3.8, 4) is 0 Å². The second-order valence-electron chi connectivity index (χ2n) is 2.38. The maximum atomic E-state index is 12.6. The molecule has 1 aromatic rings. The molecule has 0 aromatic carbocycles. The Morgan fingerprint density at radius 1 is 1.27 bits per heavy atom. The number of hydrogen-bond acceptors (Lipinski definition) is 2. The van der Waals surface area contributed by atoms with Gasteiger partial charge in [-0.1, -0.05) is 0 Å². The van der Waals surface area contributed by atoms with Gasteiger partial charge in [0.05, 0.1) is 5.69 Å². The fourth-order valence-corrected chi connectivity index (χ4v) is 0.839. The molecule has 0 atom stereocenters. The van der Waals surface area contributed by atoms with Crippen LogP contribution in [0, 0.1) is 6.92 Å². The molecule has 0 unspecified atom stereocenters. The van der Waals surface area contributed by atoms with E-state index in [1.165, 1.54) is 19.3 Å². The molecule has 1 aromatic heterocycles. The Labute approximate surface area is 63.3 Å². The lowest BCUT2D eigenvalue weighted by atomic mass is 10.2. The number of hydrogen-bond donors (Lipinski definition) is 0. The molecule has 0 N–H and O–H groups in total. The molecule has 0 saturated heterocycles. The third-order valence-electron chi connectivity index (χ3n) is 1.30. The Hall–Kier alpha value is -1.06. The minimum absolute atomic E-state index is 0.250. The molecule has 2 nitrogen and oxygen atoms in total. The number of alkyl halides is 2. The van der Waals surface area contributed by atoms with Gasteiger partial charge >= 0.3 is 0 Å². The first-order chi connectivity index (χ1) is 5.02. The number of aromatic nitrogens is 2. The van der Waals surface area contributed by atoms with Gasteiger partial charge in [0.2, 0.25) is 0 Å². The summed E-state index contributed by atoms with van der Waals surface area (Å²) in [6, 6.07) is 0. The second-order valence-corrected chi connectivity index (χ2v) is 2.38. The van der Waals surface area contributed by atoms with E-state index in [9.17, 15) is 8.78 Å². The molecule has 0 fully saturated rings. The van der Waals surface area contributed by atoms with Crippen molar-refractivity contribution in [2.75, 3.05) is 0 Å². The Balaban J connectivity index is 3.14. The fourth-order valence-electron chi connectivity index (χ4n) is 0.839. The Bertz CT molecular complexity index is 255. The molecule has 0 aliphatic heterocycles. The number of halogens is 2. The van der Waals surface area contributed by atoms with Gasteiger partial charge < -0.3 is 0 Å². The number of nitrogens with zero attached hydrogens (tertiary/aromatic N) is 2. The molecule has 1 rings (SSSR count). The molecular formula is C7H8F2N2. The zero-order valence-corrected chi connectivity index (χ0v) is 6.31. The van der Waals surface area contributed by atoms with E-state index in [1.54, 1.807) is 0 Å². The van der Waals surface area contributed by atoms with E-state index in [0.717, 1.165) is 6.92 Å². The lowest BCUT2D eigenvalue weighted by Gasteiger charge is -2.10. The lowest BCUT2D eigenvalue weighted by molar-refractivity contribution is 0.0116. The zero-order chi connectivity index (χ0) is 8.48. The summed E-state index contributed by atoms with van der Waals surface area (Å²) in [6.45, 7) is 2.32. The second kappa shape index (κ2) is 2.53. The van der Waals surface area contributed by atoms with Gasteiger partial charge in [-0.05, 0) is 6.92 Å². The Morgan fingerprint density at radius 2 is 1.82 bits per heavy atom. The summed E-state index contributed by atoms with van der Waals surface area (Å²) >= 11 is 0. The summed E-state index contributed by atoms with van der Waals surface area (Å²) in [4.78, 5) is 7.24. The van der Waals surface area contributed by atoms with Crippen LogP contribution in [-0.4, -0.2) is 9.97 Å². The number of aryl methyl sites for hydroxylation is 1. The summed E-state index contributed by atoms with van der Waals surface area (Å²) in [5.41, 5.74) is 0.0278. The van der Waals surface area contributed by atoms with E-state index in [0.29, 0.717) is 0 Å². The average Bonchev–Trinajstić information content (AvgIpc) is 1.86. The highest BCUT2D eigenvalue weighted by atomic mass is 19.3. The van der Waals surface area contributed by atoms with Gasteiger partial charge in [-0.2, -0.15) is 8.78 Å². The lowest BCUT2D eigenvalue weighted by Crippen LogP contribution is -2.12. The van der Waals surface area contributed by atoms with E-state index in [2.05, 4.69) is 9.97 Å². The predicted molar refractivity (Wildman–Crippen MR) is 36.3 cm³/mol. The van der Waals surface area contributed by atoms with E-state index < -0.39 is 5.92 Å². The van der Waals surface area contributed by atoms with Crippen LogP contribution in [0.1, 0.15) is 18.3 Å². The van der Waals surface area contributed by atoms with Crippen molar-refractivity contribution in [2.45, 2.75) is 19.8 Å². The van der Waals surface area contributed by atoms with Gasteiger partial charge in [-0.15, -0.1) is 0 Å². The van der Waals surface area contributed by atoms with Crippen LogP contribution in [0.2, 0.25) is 0 Å². The van der Waals surface area contributed by atoms with Gasteiger partial charge in [-0.25, -0.2) is 0 Å². The molecule has 0 bridgehead atoms. The summed E-state index contributed by atoms with van der Waals surface area (Å²) in [7, 11) is 0. The quantitative estimate of drug-likeness (QED) is 0.623. The average molecular weight is 158 g/mol. The summed E-state index contributed by atoms with van der Waals surface area (Å²) in [5, 5.41) is 0. The van der Waals surface area contributed by atoms with Crippen molar-refractivity contribution in [2.24, 2.45) is 0 Å². The molecule has 0 aliphatic rings. The normalized spacial score (nSPS) is 11.6. The van der Waals surface area contributed by atoms with Gasteiger partial charge in [0.1, 0.15) is 5.69 Å². The Morgan fingerprint density at radius 3 is 2.18 bits per heavy atom. The van der Waals surface area contributed by atoms with Crippen molar-refractivity contribution in [3.63, 3.8) is 0 Å². The fraction of sp³-hybridized carbons (Fsp3) is 0.429. The maximum absolute atomic E-state index is 12.6. The van der Waals surface area contributed by atoms with E-state index in [4.69, 9.17) is 0 Å². The van der Waals surface area contributed by atoms with Crippen LogP contribution in [-0.2, 0) is 5.92 Å². The molecule has 0 spiro atoms. The van der Waals surface area contributed by atoms with Crippen molar-refractivity contribution in [3.05, 3.63) is 23.8 Å². The highest BCUT2D eigenvalue weighted by Gasteiger charge is 2.28. The van der Waals surface area contributed by atoms with E-state index in [-0.39, 0.29) is 11.4 Å². The molecule has 0 saturated carbocycles. The monoisotopic (exact) mass is 158 g/mol. The topological polar surface area (TPSA) is 25.8 Å². The van der Waals surface area contributed by atoms with Gasteiger partial charge in [0.15, 0.2) is 0 Å². The molecule has 0 radical (unpaired) electrons. The first-order valence-corrected chi connectivity index (χ1v) is 3.17. The van der Waals surface area contributed by atoms with Crippen molar-refractivity contribution in [1.82, 2.24) is 9.97 Å². The smallest absolute Gasteiger partial charge is 0.258 e. The molecule has 60 valence electrons. The summed E-state index contributed by atoms with van der Waals surface area (Å²) < 4.78 is 25.2. The van der Waals surface area contributed by atoms with Crippen LogP contribution >= 0.6 is 0 Å². The first kappa shape index (κ1) is 8.04. The van der Waals surface area contributed by atoms with Crippen LogP contribution in [0.15, 0.2) is 12.4 Å². The van der Waals surface area contributed by atoms with Crippen LogP contribution in [0.5, 0.6) is 0 Å². The van der Waals surface area contributed by atoms with Crippen LogP contribution in [0.25, 0.3) is 0 Å².